The van der Waals surface area contributed by atoms with E-state index in [0.717, 1.165) is 12.8 Å². The molecule has 5 nitrogen and oxygen atoms in total. The number of amides is 1. The fourth-order valence-electron chi connectivity index (χ4n) is 0.906. The number of hydrogen-bond donors (Lipinski definition) is 4. The first kappa shape index (κ1) is 11.4. The van der Waals surface area contributed by atoms with Gasteiger partial charge in [-0.1, -0.05) is 0 Å². The molecule has 0 unspecified atom stereocenters. The summed E-state index contributed by atoms with van der Waals surface area (Å²) in [7, 11) is 0. The lowest BCUT2D eigenvalue weighted by molar-refractivity contribution is -0.121. The van der Waals surface area contributed by atoms with Crippen molar-refractivity contribution in [3.05, 3.63) is 0 Å². The lowest BCUT2D eigenvalue weighted by Crippen LogP contribution is -2.34. The van der Waals surface area contributed by atoms with Gasteiger partial charge in [-0.25, -0.2) is 0 Å². The van der Waals surface area contributed by atoms with Crippen molar-refractivity contribution in [2.75, 3.05) is 13.2 Å². The summed E-state index contributed by atoms with van der Waals surface area (Å²) < 4.78 is 0. The summed E-state index contributed by atoms with van der Waals surface area (Å²) in [5.41, 5.74) is 16.0. The summed E-state index contributed by atoms with van der Waals surface area (Å²) in [4.78, 5) is 10.9. The molecular formula is C7H18N4O. The molecule has 0 radical (unpaired) electrons. The third kappa shape index (κ3) is 6.09. The number of carbonyl (C=O) groups is 1. The van der Waals surface area contributed by atoms with Crippen LogP contribution in [0.1, 0.15) is 19.3 Å². The van der Waals surface area contributed by atoms with Crippen molar-refractivity contribution in [2.45, 2.75) is 25.3 Å². The molecule has 72 valence electrons. The molecule has 0 saturated carbocycles. The van der Waals surface area contributed by atoms with Gasteiger partial charge in [0, 0.05) is 12.5 Å². The molecule has 0 aliphatic carbocycles. The molecule has 0 aromatic carbocycles. The summed E-state index contributed by atoms with van der Waals surface area (Å²) in [6, 6.07) is -0.0971. The maximum absolute atomic E-state index is 10.9. The number of hydrogen-bond acceptors (Lipinski definition) is 4. The Hall–Kier alpha value is -0.650. The third-order valence-electron chi connectivity index (χ3n) is 1.53. The monoisotopic (exact) mass is 178 g/mol. The second-order valence-electron chi connectivity index (χ2n) is 2.70. The SMILES string of the molecule is NCC[13CH2][13C@H](N)[13CH2][13C](=O)NCN. The van der Waals surface area contributed by atoms with Crippen molar-refractivity contribution in [3.8, 4) is 0 Å². The zero-order chi connectivity index (χ0) is 9.40. The Bertz CT molecular complexity index is 129. The van der Waals surface area contributed by atoms with Crippen LogP contribution in [0.5, 0.6) is 0 Å². The predicted molar refractivity (Wildman–Crippen MR) is 48.1 cm³/mol. The van der Waals surface area contributed by atoms with Crippen LogP contribution in [-0.4, -0.2) is 25.2 Å². The van der Waals surface area contributed by atoms with Crippen LogP contribution in [-0.2, 0) is 4.79 Å². The highest BCUT2D eigenvalue weighted by Gasteiger charge is 2.07. The summed E-state index contributed by atoms with van der Waals surface area (Å²) in [6.45, 7) is 0.786. The van der Waals surface area contributed by atoms with Crippen LogP contribution < -0.4 is 22.5 Å². The summed E-state index contributed by atoms with van der Waals surface area (Å²) in [6.07, 6.45) is 1.97. The topological polar surface area (TPSA) is 107 Å². The van der Waals surface area contributed by atoms with Crippen LogP contribution in [0.3, 0.4) is 0 Å². The summed E-state index contributed by atoms with van der Waals surface area (Å²) >= 11 is 0. The minimum atomic E-state index is -0.0971. The smallest absolute Gasteiger partial charge is 0.222 e. The van der Waals surface area contributed by atoms with Crippen LogP contribution >= 0.6 is 0 Å². The van der Waals surface area contributed by atoms with Crippen molar-refractivity contribution in [3.63, 3.8) is 0 Å². The molecule has 0 saturated heterocycles. The molecule has 0 bridgehead atoms. The van der Waals surface area contributed by atoms with Gasteiger partial charge in [-0.05, 0) is 19.4 Å². The Morgan fingerprint density at radius 2 is 2.08 bits per heavy atom. The van der Waals surface area contributed by atoms with Crippen LogP contribution in [0.2, 0.25) is 0 Å². The van der Waals surface area contributed by atoms with Crippen LogP contribution in [0.4, 0.5) is 0 Å². The van der Waals surface area contributed by atoms with Gasteiger partial charge in [0.15, 0.2) is 0 Å². The minimum Gasteiger partial charge on any atom is -0.344 e. The lowest BCUT2D eigenvalue weighted by Gasteiger charge is -2.09. The van der Waals surface area contributed by atoms with Gasteiger partial charge in [-0.3, -0.25) is 4.79 Å². The van der Waals surface area contributed by atoms with E-state index in [0.29, 0.717) is 13.0 Å². The molecular weight excluding hydrogens is 160 g/mol. The second kappa shape index (κ2) is 7.02. The highest BCUT2D eigenvalue weighted by Crippen LogP contribution is 1.97. The largest absolute Gasteiger partial charge is 0.344 e. The molecule has 1 amide bonds. The molecule has 0 aromatic heterocycles. The van der Waals surface area contributed by atoms with E-state index >= 15 is 0 Å². The predicted octanol–water partition coefficient (Wildman–Crippen LogP) is -1.52. The number of carbonyl (C=O) groups excluding carboxylic acids is 1. The quantitative estimate of drug-likeness (QED) is 0.292. The Balaban J connectivity index is 3.40. The molecule has 0 aliphatic heterocycles. The van der Waals surface area contributed by atoms with Gasteiger partial charge < -0.3 is 22.5 Å². The highest BCUT2D eigenvalue weighted by molar-refractivity contribution is 5.76. The second-order valence-corrected chi connectivity index (χ2v) is 2.70. The van der Waals surface area contributed by atoms with Crippen molar-refractivity contribution >= 4 is 5.91 Å². The molecule has 0 rings (SSSR count). The van der Waals surface area contributed by atoms with E-state index in [9.17, 15) is 4.79 Å². The maximum atomic E-state index is 10.9. The zero-order valence-corrected chi connectivity index (χ0v) is 7.25. The van der Waals surface area contributed by atoms with Crippen LogP contribution in [0, 0.1) is 0 Å². The first-order chi connectivity index (χ1) is 5.70. The van der Waals surface area contributed by atoms with E-state index < -0.39 is 0 Å². The van der Waals surface area contributed by atoms with Crippen molar-refractivity contribution < 1.29 is 4.79 Å². The molecule has 12 heavy (non-hydrogen) atoms. The van der Waals surface area contributed by atoms with Crippen molar-refractivity contribution in [1.29, 1.82) is 0 Å². The van der Waals surface area contributed by atoms with E-state index in [1.165, 1.54) is 0 Å². The molecule has 0 fully saturated rings. The average Bonchev–Trinajstić information content (AvgIpc) is 2.01. The lowest BCUT2D eigenvalue weighted by atomic mass is 10.6. The fraction of sp³-hybridized carbons (Fsp3) is 0.857. The van der Waals surface area contributed by atoms with Gasteiger partial charge >= 0.3 is 0 Å². The molecule has 7 N–H and O–H groups in total. The molecule has 0 aliphatic rings. The average molecular weight is 178 g/mol. The Kier molecular flexibility index (Phi) is 6.64. The fourth-order valence-corrected chi connectivity index (χ4v) is 0.906. The Morgan fingerprint density at radius 3 is 2.58 bits per heavy atom. The van der Waals surface area contributed by atoms with Gasteiger partial charge in [0.1, 0.15) is 0 Å². The van der Waals surface area contributed by atoms with E-state index in [2.05, 4.69) is 5.32 Å². The molecule has 5 heteroatoms. The summed E-state index contributed by atoms with van der Waals surface area (Å²) in [5, 5.41) is 2.48. The van der Waals surface area contributed by atoms with E-state index in [1.807, 2.05) is 0 Å². The van der Waals surface area contributed by atoms with Gasteiger partial charge in [0.05, 0.1) is 6.67 Å². The first-order valence-corrected chi connectivity index (χ1v) is 4.13. The molecule has 0 spiro atoms. The third-order valence-corrected chi connectivity index (χ3v) is 1.53. The van der Waals surface area contributed by atoms with E-state index in [4.69, 9.17) is 17.2 Å². The maximum Gasteiger partial charge on any atom is 0.222 e. The molecule has 0 aromatic rings. The van der Waals surface area contributed by atoms with Gasteiger partial charge in [-0.2, -0.15) is 0 Å². The Labute approximate surface area is 72.7 Å². The number of rotatable bonds is 6. The van der Waals surface area contributed by atoms with Gasteiger partial charge in [0.25, 0.3) is 0 Å². The highest BCUT2D eigenvalue weighted by atomic mass is 16.2. The minimum absolute atomic E-state index is 0.0954. The zero-order valence-electron chi connectivity index (χ0n) is 7.25. The van der Waals surface area contributed by atoms with E-state index in [1.54, 1.807) is 0 Å². The number of nitrogens with two attached hydrogens (primary N) is 3. The van der Waals surface area contributed by atoms with E-state index in [-0.39, 0.29) is 18.6 Å². The molecule has 0 heterocycles. The van der Waals surface area contributed by atoms with Gasteiger partial charge in [0.2, 0.25) is 5.91 Å². The standard InChI is InChI=1S/C7H18N4O/c8-3-1-2-6(10)4-7(12)11-5-9/h6H,1-5,8-10H2,(H,11,12)/t6-/m0/s1/i2+1,4+1,6+1,7+1. The van der Waals surface area contributed by atoms with Crippen molar-refractivity contribution in [2.24, 2.45) is 17.2 Å². The summed E-state index contributed by atoms with van der Waals surface area (Å²) in [5.74, 6) is -0.0954. The number of nitrogens with one attached hydrogen (secondary N) is 1. The van der Waals surface area contributed by atoms with Crippen LogP contribution in [0.15, 0.2) is 0 Å². The normalized spacial score (nSPS) is 12.6. The first-order valence-electron chi connectivity index (χ1n) is 4.13. The molecule has 1 atom stereocenters. The van der Waals surface area contributed by atoms with Crippen molar-refractivity contribution in [1.82, 2.24) is 5.32 Å². The Morgan fingerprint density at radius 1 is 1.42 bits per heavy atom. The van der Waals surface area contributed by atoms with Crippen LogP contribution in [0.25, 0.3) is 0 Å². The van der Waals surface area contributed by atoms with Gasteiger partial charge in [-0.15, -0.1) is 0 Å².